The van der Waals surface area contributed by atoms with Crippen molar-refractivity contribution in [2.75, 3.05) is 52.9 Å². The monoisotopic (exact) mass is 544 g/mol. The minimum atomic E-state index is 0.305. The van der Waals surface area contributed by atoms with Crippen molar-refractivity contribution in [2.45, 2.75) is 46.0 Å². The molecule has 0 bridgehead atoms. The average molecular weight is 545 g/mol. The number of nitrogens with zero attached hydrogens (tertiary/aromatic N) is 2. The van der Waals surface area contributed by atoms with Crippen LogP contribution in [0.25, 0.3) is 0 Å². The largest absolute Gasteiger partial charge is 0.487 e. The van der Waals surface area contributed by atoms with Gasteiger partial charge in [-0.3, -0.25) is 0 Å². The van der Waals surface area contributed by atoms with E-state index < -0.39 is 0 Å². The van der Waals surface area contributed by atoms with Gasteiger partial charge in [0.2, 0.25) is 0 Å². The summed E-state index contributed by atoms with van der Waals surface area (Å²) in [5.41, 5.74) is 2.76. The first-order valence-corrected chi connectivity index (χ1v) is 13.6. The lowest BCUT2D eigenvalue weighted by molar-refractivity contribution is 0.0640. The fourth-order valence-electron chi connectivity index (χ4n) is 3.97. The molecule has 2 aromatic carbocycles. The van der Waals surface area contributed by atoms with Crippen molar-refractivity contribution in [2.24, 2.45) is 10.3 Å². The molecule has 1 aliphatic heterocycles. The predicted octanol–water partition coefficient (Wildman–Crippen LogP) is 5.30. The molecule has 10 nitrogen and oxygen atoms in total. The smallest absolute Gasteiger partial charge is 0.161 e. The van der Waals surface area contributed by atoms with Gasteiger partial charge in [-0.15, -0.1) is 0 Å². The van der Waals surface area contributed by atoms with Gasteiger partial charge in [0.05, 0.1) is 37.9 Å². The average Bonchev–Trinajstić information content (AvgIpc) is 2.96. The van der Waals surface area contributed by atoms with Gasteiger partial charge >= 0.3 is 0 Å². The Hall–Kier alpha value is -3.50. The second-order valence-corrected chi connectivity index (χ2v) is 8.89. The summed E-state index contributed by atoms with van der Waals surface area (Å²) in [6.07, 6.45) is 4.10. The van der Waals surface area contributed by atoms with Crippen LogP contribution in [-0.4, -0.2) is 74.7 Å². The highest BCUT2D eigenvalue weighted by Crippen LogP contribution is 2.31. The van der Waals surface area contributed by atoms with Crippen LogP contribution in [0.3, 0.4) is 0 Å². The maximum Gasteiger partial charge on any atom is 0.161 e. The number of hydrogen-bond acceptors (Lipinski definition) is 10. The van der Waals surface area contributed by atoms with Crippen LogP contribution in [0.15, 0.2) is 46.7 Å². The third kappa shape index (κ3) is 9.63. The molecule has 1 aliphatic rings. The highest BCUT2D eigenvalue weighted by molar-refractivity contribution is 6.01. The van der Waals surface area contributed by atoms with Crippen LogP contribution < -0.4 is 18.9 Å². The molecular formula is C29H40N2O8. The Labute approximate surface area is 230 Å². The number of hydrogen-bond donors (Lipinski definition) is 2. The zero-order valence-electron chi connectivity index (χ0n) is 22.9. The Kier molecular flexibility index (Phi) is 13.2. The maximum atomic E-state index is 9.49. The molecule has 2 aromatic rings. The van der Waals surface area contributed by atoms with Gasteiger partial charge in [-0.1, -0.05) is 37.0 Å². The molecule has 0 radical (unpaired) electrons. The second kappa shape index (κ2) is 17.2. The fraction of sp³-hybridized carbons (Fsp3) is 0.517. The van der Waals surface area contributed by atoms with E-state index in [9.17, 15) is 10.4 Å². The zero-order valence-corrected chi connectivity index (χ0v) is 22.9. The third-order valence-corrected chi connectivity index (χ3v) is 5.99. The number of unbranched alkanes of at least 4 members (excludes halogenated alkanes) is 1. The van der Waals surface area contributed by atoms with Crippen molar-refractivity contribution in [1.82, 2.24) is 0 Å². The molecule has 0 aliphatic carbocycles. The molecular weight excluding hydrogens is 504 g/mol. The van der Waals surface area contributed by atoms with E-state index in [2.05, 4.69) is 17.2 Å². The molecule has 0 spiro atoms. The molecule has 0 atom stereocenters. The summed E-state index contributed by atoms with van der Waals surface area (Å²) < 4.78 is 35.2. The topological polar surface area (TPSA) is 121 Å². The first kappa shape index (κ1) is 30.0. The quantitative estimate of drug-likeness (QED) is 0.274. The standard InChI is InChI=1S/C29H40N2O8/c1-3-5-7-25(31-33)23-9-11-27-29(21-23)39-19-15-35-12-16-36-26-10-8-22(24(30-32)6-4-2)20-28(26)38-18-14-34-13-17-37-27/h8-11,20-21,32-33H,3-7,12-19H2,1-2H3/b30-24-,31-25-. The highest BCUT2D eigenvalue weighted by Gasteiger charge is 2.13. The molecule has 0 fully saturated rings. The maximum absolute atomic E-state index is 9.49. The number of oxime groups is 2. The van der Waals surface area contributed by atoms with Crippen LogP contribution in [0.5, 0.6) is 23.0 Å². The van der Waals surface area contributed by atoms with Gasteiger partial charge in [-0.2, -0.15) is 0 Å². The molecule has 0 amide bonds. The molecule has 0 aromatic heterocycles. The van der Waals surface area contributed by atoms with Crippen molar-refractivity contribution in [3.05, 3.63) is 47.5 Å². The van der Waals surface area contributed by atoms with E-state index in [4.69, 9.17) is 28.4 Å². The lowest BCUT2D eigenvalue weighted by Gasteiger charge is -2.17. The van der Waals surface area contributed by atoms with Crippen LogP contribution in [0.4, 0.5) is 0 Å². The van der Waals surface area contributed by atoms with Crippen LogP contribution in [0.2, 0.25) is 0 Å². The molecule has 10 heteroatoms. The van der Waals surface area contributed by atoms with E-state index >= 15 is 0 Å². The van der Waals surface area contributed by atoms with E-state index in [1.807, 2.05) is 37.3 Å². The normalized spacial score (nSPS) is 16.3. The lowest BCUT2D eigenvalue weighted by atomic mass is 10.0. The SMILES string of the molecule is CCCC/C(=N/O)c1ccc2c(c1)OCCOCCOc1ccc(/C(CCC)=N\O)cc1OCCOCCO2. The van der Waals surface area contributed by atoms with Crippen LogP contribution in [0.1, 0.15) is 57.1 Å². The Morgan fingerprint density at radius 2 is 1.03 bits per heavy atom. The summed E-state index contributed by atoms with van der Waals surface area (Å²) in [6.45, 7) is 6.78. The summed E-state index contributed by atoms with van der Waals surface area (Å²) in [6, 6.07) is 11.0. The fourth-order valence-corrected chi connectivity index (χ4v) is 3.97. The van der Waals surface area contributed by atoms with Gasteiger partial charge in [0.15, 0.2) is 23.0 Å². The van der Waals surface area contributed by atoms with E-state index in [-0.39, 0.29) is 0 Å². The van der Waals surface area contributed by atoms with Crippen LogP contribution >= 0.6 is 0 Å². The van der Waals surface area contributed by atoms with Gasteiger partial charge in [0.1, 0.15) is 26.4 Å². The predicted molar refractivity (Wildman–Crippen MR) is 148 cm³/mol. The van der Waals surface area contributed by atoms with Crippen LogP contribution in [-0.2, 0) is 9.47 Å². The summed E-state index contributed by atoms with van der Waals surface area (Å²) in [5.74, 6) is 2.24. The Morgan fingerprint density at radius 1 is 0.590 bits per heavy atom. The molecule has 0 saturated heterocycles. The van der Waals surface area contributed by atoms with Crippen molar-refractivity contribution in [3.8, 4) is 23.0 Å². The number of ether oxygens (including phenoxy) is 6. The molecule has 1 heterocycles. The summed E-state index contributed by atoms with van der Waals surface area (Å²) in [7, 11) is 0. The Balaban J connectivity index is 1.66. The molecule has 2 N–H and O–H groups in total. The van der Waals surface area contributed by atoms with Gasteiger partial charge in [-0.25, -0.2) is 0 Å². The lowest BCUT2D eigenvalue weighted by Crippen LogP contribution is -2.16. The minimum absolute atomic E-state index is 0.305. The molecule has 0 unspecified atom stereocenters. The summed E-state index contributed by atoms with van der Waals surface area (Å²) in [5, 5.41) is 25.8. The third-order valence-electron chi connectivity index (χ3n) is 5.99. The van der Waals surface area contributed by atoms with E-state index in [1.165, 1.54) is 0 Å². The van der Waals surface area contributed by atoms with Crippen LogP contribution in [0, 0.1) is 0 Å². The molecule has 0 saturated carbocycles. The van der Waals surface area contributed by atoms with E-state index in [0.717, 1.165) is 30.4 Å². The minimum Gasteiger partial charge on any atom is -0.487 e. The molecule has 3 rings (SSSR count). The van der Waals surface area contributed by atoms with Crippen molar-refractivity contribution >= 4 is 11.4 Å². The number of benzene rings is 2. The molecule has 214 valence electrons. The van der Waals surface area contributed by atoms with Crippen molar-refractivity contribution < 1.29 is 38.8 Å². The van der Waals surface area contributed by atoms with Crippen molar-refractivity contribution in [1.29, 1.82) is 0 Å². The summed E-state index contributed by atoms with van der Waals surface area (Å²) in [4.78, 5) is 0. The second-order valence-electron chi connectivity index (χ2n) is 8.89. The first-order valence-electron chi connectivity index (χ1n) is 13.6. The highest BCUT2D eigenvalue weighted by atomic mass is 16.6. The van der Waals surface area contributed by atoms with Gasteiger partial charge in [0.25, 0.3) is 0 Å². The van der Waals surface area contributed by atoms with E-state index in [0.29, 0.717) is 100 Å². The number of fused-ring (bicyclic) bond motifs is 2. The van der Waals surface area contributed by atoms with Crippen molar-refractivity contribution in [3.63, 3.8) is 0 Å². The Morgan fingerprint density at radius 3 is 1.44 bits per heavy atom. The molecule has 39 heavy (non-hydrogen) atoms. The first-order chi connectivity index (χ1) is 19.2. The van der Waals surface area contributed by atoms with Gasteiger partial charge in [0, 0.05) is 11.1 Å². The van der Waals surface area contributed by atoms with Gasteiger partial charge in [-0.05, 0) is 55.7 Å². The van der Waals surface area contributed by atoms with E-state index in [1.54, 1.807) is 6.07 Å². The Bertz CT molecular complexity index is 1070. The zero-order chi connectivity index (χ0) is 27.7. The summed E-state index contributed by atoms with van der Waals surface area (Å²) >= 11 is 0. The number of rotatable bonds is 7. The van der Waals surface area contributed by atoms with Gasteiger partial charge < -0.3 is 38.8 Å².